The Hall–Kier alpha value is -2.28. The van der Waals surface area contributed by atoms with Crippen molar-refractivity contribution in [3.05, 3.63) is 35.9 Å². The molecule has 0 bridgehead atoms. The van der Waals surface area contributed by atoms with Gasteiger partial charge in [0.15, 0.2) is 0 Å². The molecule has 2 fully saturated rings. The second kappa shape index (κ2) is 10.8. The fourth-order valence-corrected chi connectivity index (χ4v) is 4.35. The van der Waals surface area contributed by atoms with Gasteiger partial charge in [-0.25, -0.2) is 9.59 Å². The number of hydrogen-bond acceptors (Lipinski definition) is 5. The number of carbonyl (C=O) groups is 2. The predicted molar refractivity (Wildman–Crippen MR) is 120 cm³/mol. The molecular weight excluding hydrogens is 394 g/mol. The Morgan fingerprint density at radius 1 is 1.06 bits per heavy atom. The molecule has 2 atom stereocenters. The van der Waals surface area contributed by atoms with Crippen LogP contribution in [0.4, 0.5) is 9.59 Å². The van der Waals surface area contributed by atoms with E-state index in [1.165, 1.54) is 6.42 Å². The molecule has 0 aromatic heterocycles. The molecule has 0 spiro atoms. The lowest BCUT2D eigenvalue weighted by Gasteiger charge is -2.38. The van der Waals surface area contributed by atoms with E-state index in [1.54, 1.807) is 4.90 Å². The molecule has 1 heterocycles. The third-order valence-corrected chi connectivity index (χ3v) is 5.86. The number of rotatable bonds is 5. The SMILES string of the molecule is CC(C)(C)OC(=O)N[C@@H]1CCC[C@H](CN2CCN(C(=O)OCc3ccccc3)CC2)C1. The summed E-state index contributed by atoms with van der Waals surface area (Å²) in [5.74, 6) is 0.560. The van der Waals surface area contributed by atoms with E-state index in [9.17, 15) is 9.59 Å². The van der Waals surface area contributed by atoms with Gasteiger partial charge < -0.3 is 19.7 Å². The van der Waals surface area contributed by atoms with Gasteiger partial charge in [0.1, 0.15) is 12.2 Å². The zero-order valence-electron chi connectivity index (χ0n) is 19.1. The topological polar surface area (TPSA) is 71.1 Å². The molecule has 0 unspecified atom stereocenters. The molecule has 0 radical (unpaired) electrons. The first kappa shape index (κ1) is 23.4. The van der Waals surface area contributed by atoms with Crippen LogP contribution in [-0.2, 0) is 16.1 Å². The largest absolute Gasteiger partial charge is 0.445 e. The number of amides is 2. The van der Waals surface area contributed by atoms with Crippen molar-refractivity contribution in [3.8, 4) is 0 Å². The minimum Gasteiger partial charge on any atom is -0.445 e. The van der Waals surface area contributed by atoms with Crippen LogP contribution in [0, 0.1) is 5.92 Å². The average Bonchev–Trinajstić information content (AvgIpc) is 2.72. The zero-order chi connectivity index (χ0) is 22.3. The second-order valence-electron chi connectivity index (χ2n) is 9.70. The molecule has 1 saturated heterocycles. The molecule has 7 nitrogen and oxygen atoms in total. The number of ether oxygens (including phenoxy) is 2. The third kappa shape index (κ3) is 8.05. The molecule has 2 aliphatic rings. The lowest BCUT2D eigenvalue weighted by molar-refractivity contribution is 0.0470. The highest BCUT2D eigenvalue weighted by Crippen LogP contribution is 2.26. The van der Waals surface area contributed by atoms with E-state index < -0.39 is 5.60 Å². The van der Waals surface area contributed by atoms with Crippen molar-refractivity contribution >= 4 is 12.2 Å². The maximum Gasteiger partial charge on any atom is 0.410 e. The fourth-order valence-electron chi connectivity index (χ4n) is 4.35. The summed E-state index contributed by atoms with van der Waals surface area (Å²) in [6.07, 6.45) is 3.75. The average molecular weight is 432 g/mol. The molecule has 172 valence electrons. The smallest absolute Gasteiger partial charge is 0.410 e. The van der Waals surface area contributed by atoms with Crippen LogP contribution in [0.2, 0.25) is 0 Å². The summed E-state index contributed by atoms with van der Waals surface area (Å²) in [6.45, 7) is 10.1. The first-order chi connectivity index (χ1) is 14.8. The highest BCUT2D eigenvalue weighted by molar-refractivity contribution is 5.68. The molecule has 1 aromatic rings. The minimum atomic E-state index is -0.472. The summed E-state index contributed by atoms with van der Waals surface area (Å²) < 4.78 is 10.9. The number of benzene rings is 1. The van der Waals surface area contributed by atoms with Crippen molar-refractivity contribution in [1.29, 1.82) is 0 Å². The van der Waals surface area contributed by atoms with Gasteiger partial charge in [0, 0.05) is 38.8 Å². The van der Waals surface area contributed by atoms with Crippen LogP contribution < -0.4 is 5.32 Å². The highest BCUT2D eigenvalue weighted by atomic mass is 16.6. The summed E-state index contributed by atoms with van der Waals surface area (Å²) >= 11 is 0. The van der Waals surface area contributed by atoms with E-state index in [0.29, 0.717) is 25.6 Å². The Morgan fingerprint density at radius 3 is 2.45 bits per heavy atom. The van der Waals surface area contributed by atoms with Crippen LogP contribution in [0.25, 0.3) is 0 Å². The van der Waals surface area contributed by atoms with Crippen LogP contribution >= 0.6 is 0 Å². The Morgan fingerprint density at radius 2 is 1.77 bits per heavy atom. The van der Waals surface area contributed by atoms with E-state index in [4.69, 9.17) is 9.47 Å². The van der Waals surface area contributed by atoms with Gasteiger partial charge in [-0.05, 0) is 51.5 Å². The second-order valence-corrected chi connectivity index (χ2v) is 9.70. The van der Waals surface area contributed by atoms with Gasteiger partial charge in [0.25, 0.3) is 0 Å². The maximum atomic E-state index is 12.3. The third-order valence-electron chi connectivity index (χ3n) is 5.86. The number of alkyl carbamates (subject to hydrolysis) is 1. The van der Waals surface area contributed by atoms with Gasteiger partial charge in [-0.2, -0.15) is 0 Å². The quantitative estimate of drug-likeness (QED) is 0.762. The monoisotopic (exact) mass is 431 g/mol. The van der Waals surface area contributed by atoms with Gasteiger partial charge in [-0.15, -0.1) is 0 Å². The molecule has 3 rings (SSSR count). The maximum absolute atomic E-state index is 12.3. The van der Waals surface area contributed by atoms with Gasteiger partial charge in [0.05, 0.1) is 0 Å². The van der Waals surface area contributed by atoms with Crippen molar-refractivity contribution in [3.63, 3.8) is 0 Å². The summed E-state index contributed by atoms with van der Waals surface area (Å²) in [7, 11) is 0. The van der Waals surface area contributed by atoms with Crippen LogP contribution in [0.3, 0.4) is 0 Å². The molecule has 31 heavy (non-hydrogen) atoms. The highest BCUT2D eigenvalue weighted by Gasteiger charge is 2.28. The van der Waals surface area contributed by atoms with Crippen LogP contribution in [0.5, 0.6) is 0 Å². The van der Waals surface area contributed by atoms with Gasteiger partial charge in [-0.1, -0.05) is 36.8 Å². The zero-order valence-corrected chi connectivity index (χ0v) is 19.1. The van der Waals surface area contributed by atoms with E-state index >= 15 is 0 Å². The van der Waals surface area contributed by atoms with Crippen LogP contribution in [0.15, 0.2) is 30.3 Å². The van der Waals surface area contributed by atoms with E-state index in [2.05, 4.69) is 10.2 Å². The van der Waals surface area contributed by atoms with Crippen LogP contribution in [0.1, 0.15) is 52.0 Å². The first-order valence-corrected chi connectivity index (χ1v) is 11.5. The summed E-state index contributed by atoms with van der Waals surface area (Å²) in [5.41, 5.74) is 0.529. The molecule has 1 aliphatic heterocycles. The number of nitrogens with zero attached hydrogens (tertiary/aromatic N) is 2. The molecule has 2 amide bonds. The Labute approximate surface area is 186 Å². The van der Waals surface area contributed by atoms with Crippen molar-refractivity contribution in [2.75, 3.05) is 32.7 Å². The Balaban J connectivity index is 1.36. The summed E-state index contributed by atoms with van der Waals surface area (Å²) in [6, 6.07) is 9.94. The lowest BCUT2D eigenvalue weighted by atomic mass is 9.85. The van der Waals surface area contributed by atoms with Gasteiger partial charge >= 0.3 is 12.2 Å². The number of carbonyl (C=O) groups excluding carboxylic acids is 2. The fraction of sp³-hybridized carbons (Fsp3) is 0.667. The molecule has 1 saturated carbocycles. The van der Waals surface area contributed by atoms with E-state index in [1.807, 2.05) is 51.1 Å². The van der Waals surface area contributed by atoms with Gasteiger partial charge in [0.2, 0.25) is 0 Å². The van der Waals surface area contributed by atoms with Crippen molar-refractivity contribution < 1.29 is 19.1 Å². The molecular formula is C24H37N3O4. The Kier molecular flexibility index (Phi) is 8.18. The van der Waals surface area contributed by atoms with Crippen LogP contribution in [-0.4, -0.2) is 66.4 Å². The minimum absolute atomic E-state index is 0.183. The lowest BCUT2D eigenvalue weighted by Crippen LogP contribution is -2.50. The van der Waals surface area contributed by atoms with Gasteiger partial charge in [-0.3, -0.25) is 4.90 Å². The normalized spacial score (nSPS) is 22.6. The Bertz CT molecular complexity index is 711. The van der Waals surface area contributed by atoms with E-state index in [-0.39, 0.29) is 18.2 Å². The van der Waals surface area contributed by atoms with Crippen molar-refractivity contribution in [2.45, 2.75) is 64.7 Å². The molecule has 1 aromatic carbocycles. The summed E-state index contributed by atoms with van der Waals surface area (Å²) in [4.78, 5) is 28.7. The molecule has 1 aliphatic carbocycles. The summed E-state index contributed by atoms with van der Waals surface area (Å²) in [5, 5.41) is 3.04. The molecule has 1 N–H and O–H groups in total. The van der Waals surface area contributed by atoms with Crippen molar-refractivity contribution in [2.24, 2.45) is 5.92 Å². The number of piperazine rings is 1. The number of nitrogens with one attached hydrogen (secondary N) is 1. The predicted octanol–water partition coefficient (Wildman–Crippen LogP) is 4.02. The standard InChI is InChI=1S/C24H37N3O4/c1-24(2,3)31-22(28)25-21-11-7-10-20(16-21)17-26-12-14-27(15-13-26)23(29)30-18-19-8-5-4-6-9-19/h4-6,8-9,20-21H,7,10-18H2,1-3H3,(H,25,28)/t20-,21+/m0/s1. The first-order valence-electron chi connectivity index (χ1n) is 11.5. The van der Waals surface area contributed by atoms with E-state index in [0.717, 1.165) is 44.5 Å². The van der Waals surface area contributed by atoms with Crippen molar-refractivity contribution in [1.82, 2.24) is 15.1 Å². The molecule has 7 heteroatoms. The number of hydrogen-bond donors (Lipinski definition) is 1.